The number of aromatic nitrogens is 3. The van der Waals surface area contributed by atoms with E-state index in [4.69, 9.17) is 0 Å². The monoisotopic (exact) mass is 326 g/mol. The van der Waals surface area contributed by atoms with E-state index in [2.05, 4.69) is 45.2 Å². The van der Waals surface area contributed by atoms with Crippen molar-refractivity contribution < 1.29 is 5.11 Å². The van der Waals surface area contributed by atoms with Crippen LogP contribution in [0.15, 0.2) is 29.2 Å². The lowest BCUT2D eigenvalue weighted by atomic mass is 9.89. The SMILES string of the molecule is CN1CCC(c2c[nH]c3ccc(Cc4[nH]c(=O)[nH]c4O)cc23)CC1. The third kappa shape index (κ3) is 2.73. The Morgan fingerprint density at radius 2 is 2.04 bits per heavy atom. The predicted octanol–water partition coefficient (Wildman–Crippen LogP) is 2.29. The quantitative estimate of drug-likeness (QED) is 0.595. The van der Waals surface area contributed by atoms with Crippen LogP contribution >= 0.6 is 0 Å². The van der Waals surface area contributed by atoms with Gasteiger partial charge in [0.05, 0.1) is 5.69 Å². The Balaban J connectivity index is 1.65. The first-order chi connectivity index (χ1) is 11.6. The molecule has 0 saturated carbocycles. The summed E-state index contributed by atoms with van der Waals surface area (Å²) in [5.41, 5.74) is 3.74. The van der Waals surface area contributed by atoms with Gasteiger partial charge in [-0.25, -0.2) is 4.79 Å². The van der Waals surface area contributed by atoms with E-state index in [0.29, 0.717) is 18.0 Å². The fraction of sp³-hybridized carbons (Fsp3) is 0.389. The maximum Gasteiger partial charge on any atom is 0.325 e. The molecule has 1 aliphatic rings. The van der Waals surface area contributed by atoms with Gasteiger partial charge in [0.1, 0.15) is 0 Å². The van der Waals surface area contributed by atoms with Gasteiger partial charge in [-0.05, 0) is 62.2 Å². The van der Waals surface area contributed by atoms with E-state index in [9.17, 15) is 9.90 Å². The number of hydrogen-bond acceptors (Lipinski definition) is 3. The average Bonchev–Trinajstić information content (AvgIpc) is 3.11. The van der Waals surface area contributed by atoms with Crippen LogP contribution in [0.5, 0.6) is 5.88 Å². The lowest BCUT2D eigenvalue weighted by Gasteiger charge is -2.28. The fourth-order valence-corrected chi connectivity index (χ4v) is 3.70. The van der Waals surface area contributed by atoms with Gasteiger partial charge in [-0.1, -0.05) is 6.07 Å². The van der Waals surface area contributed by atoms with Crippen molar-refractivity contribution in [2.45, 2.75) is 25.2 Å². The molecule has 24 heavy (non-hydrogen) atoms. The second-order valence-electron chi connectivity index (χ2n) is 6.78. The zero-order chi connectivity index (χ0) is 16.7. The van der Waals surface area contributed by atoms with Gasteiger partial charge in [0.25, 0.3) is 0 Å². The number of H-pyrrole nitrogens is 3. The lowest BCUT2D eigenvalue weighted by molar-refractivity contribution is 0.256. The fourth-order valence-electron chi connectivity index (χ4n) is 3.70. The number of nitrogens with zero attached hydrogens (tertiary/aromatic N) is 1. The Hall–Kier alpha value is -2.47. The molecule has 0 amide bonds. The molecule has 0 spiro atoms. The average molecular weight is 326 g/mol. The van der Waals surface area contributed by atoms with Gasteiger partial charge in [-0.2, -0.15) is 0 Å². The van der Waals surface area contributed by atoms with Crippen LogP contribution in [0.2, 0.25) is 0 Å². The molecule has 3 aromatic rings. The molecule has 0 radical (unpaired) electrons. The molecule has 1 aliphatic heterocycles. The minimum absolute atomic E-state index is 0.0790. The van der Waals surface area contributed by atoms with E-state index in [1.54, 1.807) is 0 Å². The largest absolute Gasteiger partial charge is 0.493 e. The first-order valence-corrected chi connectivity index (χ1v) is 8.39. The molecule has 1 fully saturated rings. The molecule has 1 saturated heterocycles. The number of likely N-dealkylation sites (tertiary alicyclic amines) is 1. The van der Waals surface area contributed by atoms with Gasteiger partial charge in [-0.15, -0.1) is 0 Å². The standard InChI is InChI=1S/C18H22N4O2/c1-22-6-4-12(5-7-22)14-10-19-15-3-2-11(8-13(14)15)9-16-17(23)21-18(24)20-16/h2-3,8,10,12,19,23H,4-7,9H2,1H3,(H2,20,21,24). The lowest BCUT2D eigenvalue weighted by Crippen LogP contribution is -2.29. The third-order valence-corrected chi connectivity index (χ3v) is 5.10. The summed E-state index contributed by atoms with van der Waals surface area (Å²) < 4.78 is 0. The highest BCUT2D eigenvalue weighted by molar-refractivity contribution is 5.84. The van der Waals surface area contributed by atoms with E-state index in [0.717, 1.165) is 24.2 Å². The number of rotatable bonds is 3. The minimum Gasteiger partial charge on any atom is -0.493 e. The van der Waals surface area contributed by atoms with Crippen molar-refractivity contribution in [3.8, 4) is 5.88 Å². The highest BCUT2D eigenvalue weighted by Crippen LogP contribution is 2.33. The summed E-state index contributed by atoms with van der Waals surface area (Å²) in [7, 11) is 2.17. The van der Waals surface area contributed by atoms with Gasteiger partial charge >= 0.3 is 5.69 Å². The van der Waals surface area contributed by atoms with Crippen LogP contribution < -0.4 is 5.69 Å². The van der Waals surface area contributed by atoms with Crippen molar-refractivity contribution in [3.63, 3.8) is 0 Å². The van der Waals surface area contributed by atoms with Gasteiger partial charge in [0.2, 0.25) is 5.88 Å². The first kappa shape index (κ1) is 15.1. The van der Waals surface area contributed by atoms with Crippen molar-refractivity contribution in [1.82, 2.24) is 19.9 Å². The normalized spacial score (nSPS) is 16.9. The second kappa shape index (κ2) is 5.87. The smallest absolute Gasteiger partial charge is 0.325 e. The molecule has 6 nitrogen and oxygen atoms in total. The molecular formula is C18H22N4O2. The molecule has 0 unspecified atom stereocenters. The first-order valence-electron chi connectivity index (χ1n) is 8.39. The van der Waals surface area contributed by atoms with Crippen LogP contribution in [-0.4, -0.2) is 45.1 Å². The van der Waals surface area contributed by atoms with Crippen molar-refractivity contribution in [2.75, 3.05) is 20.1 Å². The summed E-state index contributed by atoms with van der Waals surface area (Å²) in [6, 6.07) is 6.27. The van der Waals surface area contributed by atoms with Crippen molar-refractivity contribution in [1.29, 1.82) is 0 Å². The molecule has 2 aromatic heterocycles. The third-order valence-electron chi connectivity index (χ3n) is 5.10. The molecule has 126 valence electrons. The summed E-state index contributed by atoms with van der Waals surface area (Å²) in [6.45, 7) is 2.27. The zero-order valence-electron chi connectivity index (χ0n) is 13.7. The molecule has 3 heterocycles. The van der Waals surface area contributed by atoms with E-state index in [-0.39, 0.29) is 11.6 Å². The minimum atomic E-state index is -0.378. The number of aromatic hydroxyl groups is 1. The van der Waals surface area contributed by atoms with Gasteiger partial charge in [0, 0.05) is 23.5 Å². The van der Waals surface area contributed by atoms with Crippen molar-refractivity contribution >= 4 is 10.9 Å². The van der Waals surface area contributed by atoms with E-state index < -0.39 is 0 Å². The number of hydrogen-bond donors (Lipinski definition) is 4. The summed E-state index contributed by atoms with van der Waals surface area (Å²) in [6.07, 6.45) is 5.00. The molecule has 6 heteroatoms. The van der Waals surface area contributed by atoms with Crippen molar-refractivity contribution in [2.24, 2.45) is 0 Å². The molecule has 0 aliphatic carbocycles. The van der Waals surface area contributed by atoms with Crippen LogP contribution in [0.1, 0.15) is 35.6 Å². The van der Waals surface area contributed by atoms with Crippen LogP contribution in [0.4, 0.5) is 0 Å². The maximum atomic E-state index is 11.3. The topological polar surface area (TPSA) is 87.9 Å². The Morgan fingerprint density at radius 1 is 1.25 bits per heavy atom. The highest BCUT2D eigenvalue weighted by Gasteiger charge is 2.21. The number of imidazole rings is 1. The molecule has 4 N–H and O–H groups in total. The summed E-state index contributed by atoms with van der Waals surface area (Å²) >= 11 is 0. The second-order valence-corrected chi connectivity index (χ2v) is 6.78. The van der Waals surface area contributed by atoms with Gasteiger partial charge in [0.15, 0.2) is 0 Å². The van der Waals surface area contributed by atoms with Crippen LogP contribution in [0, 0.1) is 0 Å². The van der Waals surface area contributed by atoms with E-state index >= 15 is 0 Å². The Labute approximate surface area is 139 Å². The Morgan fingerprint density at radius 3 is 2.75 bits per heavy atom. The number of aromatic amines is 3. The van der Waals surface area contributed by atoms with Crippen molar-refractivity contribution in [3.05, 3.63) is 51.7 Å². The summed E-state index contributed by atoms with van der Waals surface area (Å²) in [4.78, 5) is 22.0. The zero-order valence-corrected chi connectivity index (χ0v) is 13.7. The maximum absolute atomic E-state index is 11.3. The van der Waals surface area contributed by atoms with Gasteiger partial charge < -0.3 is 20.0 Å². The summed E-state index contributed by atoms with van der Waals surface area (Å²) in [5.74, 6) is 0.510. The van der Waals surface area contributed by atoms with Crippen LogP contribution in [0.3, 0.4) is 0 Å². The Bertz CT molecular complexity index is 913. The number of piperidine rings is 1. The van der Waals surface area contributed by atoms with E-state index in [1.165, 1.54) is 23.8 Å². The number of nitrogens with one attached hydrogen (secondary N) is 3. The number of benzene rings is 1. The van der Waals surface area contributed by atoms with Gasteiger partial charge in [-0.3, -0.25) is 4.98 Å². The molecule has 0 atom stereocenters. The molecule has 0 bridgehead atoms. The molecule has 4 rings (SSSR count). The number of fused-ring (bicyclic) bond motifs is 1. The Kier molecular flexibility index (Phi) is 3.69. The van der Waals surface area contributed by atoms with Crippen LogP contribution in [0.25, 0.3) is 10.9 Å². The molecule has 1 aromatic carbocycles. The summed E-state index contributed by atoms with van der Waals surface area (Å²) in [5, 5.41) is 11.0. The molecular weight excluding hydrogens is 304 g/mol. The van der Waals surface area contributed by atoms with E-state index in [1.807, 2.05) is 6.07 Å². The van der Waals surface area contributed by atoms with Crippen LogP contribution in [-0.2, 0) is 6.42 Å². The predicted molar refractivity (Wildman–Crippen MR) is 93.7 cm³/mol. The highest BCUT2D eigenvalue weighted by atomic mass is 16.3.